The third kappa shape index (κ3) is 3.41. The maximum absolute atomic E-state index is 14.2. The number of hydrogen-bond donors (Lipinski definition) is 2. The van der Waals surface area contributed by atoms with Gasteiger partial charge in [0.1, 0.15) is 5.92 Å². The van der Waals surface area contributed by atoms with E-state index in [1.165, 1.54) is 36.6 Å². The number of halogens is 3. The molecule has 2 aromatic rings. The Morgan fingerprint density at radius 1 is 1.37 bits per heavy atom. The number of hydrogen-bond acceptors (Lipinski definition) is 6. The van der Waals surface area contributed by atoms with Crippen LogP contribution in [0.15, 0.2) is 41.8 Å². The molecule has 1 aliphatic heterocycles. The number of thiophene rings is 1. The number of carbonyl (C=O) groups is 2. The molecule has 0 aliphatic carbocycles. The van der Waals surface area contributed by atoms with Crippen molar-refractivity contribution >= 4 is 28.8 Å². The Labute approximate surface area is 172 Å². The molecular weight excluding hydrogens is 427 g/mol. The highest BCUT2D eigenvalue weighted by atomic mass is 32.1. The van der Waals surface area contributed by atoms with E-state index < -0.39 is 52.8 Å². The van der Waals surface area contributed by atoms with Crippen LogP contribution in [0.1, 0.15) is 28.2 Å². The van der Waals surface area contributed by atoms with Crippen molar-refractivity contribution in [1.82, 2.24) is 10.2 Å². The topological polar surface area (TPSA) is 113 Å². The van der Waals surface area contributed by atoms with E-state index in [0.717, 1.165) is 23.5 Å². The normalized spacial score (nSPS) is 24.4. The number of Topliss-reactive ketones (excluding diaryl/α,β-unsaturated/α-hetero) is 1. The van der Waals surface area contributed by atoms with Crippen molar-refractivity contribution < 1.29 is 32.8 Å². The van der Waals surface area contributed by atoms with Crippen LogP contribution in [0.25, 0.3) is 0 Å². The maximum atomic E-state index is 14.2. The number of nitrogens with zero attached hydrogens (tertiary/aromatic N) is 2. The highest BCUT2D eigenvalue weighted by Gasteiger charge is 2.69. The third-order valence-electron chi connectivity index (χ3n) is 4.92. The standard InChI is InChI=1S/C18H16F3N3O5S/c1-2-23-16(26)22-14(10-5-3-6-11(9-10)24(28)29)13(17(23,27)18(19,20)21)15(25)12-7-4-8-30-12/h3-9,13-14,27H,2H2,1H3,(H,22,26). The molecule has 160 valence electrons. The number of amides is 2. The van der Waals surface area contributed by atoms with Crippen LogP contribution in [0, 0.1) is 16.0 Å². The smallest absolute Gasteiger partial charge is 0.363 e. The molecule has 1 aromatic heterocycles. The molecule has 3 rings (SSSR count). The van der Waals surface area contributed by atoms with Crippen LogP contribution in [0.2, 0.25) is 0 Å². The molecule has 1 aliphatic rings. The average molecular weight is 443 g/mol. The van der Waals surface area contributed by atoms with Gasteiger partial charge in [-0.15, -0.1) is 11.3 Å². The molecule has 2 N–H and O–H groups in total. The first kappa shape index (κ1) is 21.7. The van der Waals surface area contributed by atoms with E-state index in [1.807, 2.05) is 0 Å². The van der Waals surface area contributed by atoms with Crippen molar-refractivity contribution in [3.8, 4) is 0 Å². The zero-order chi connectivity index (χ0) is 22.3. The molecule has 2 heterocycles. The Bertz CT molecular complexity index is 982. The van der Waals surface area contributed by atoms with Crippen molar-refractivity contribution in [1.29, 1.82) is 0 Å². The summed E-state index contributed by atoms with van der Waals surface area (Å²) in [5.74, 6) is -3.24. The van der Waals surface area contributed by atoms with Crippen LogP contribution in [-0.4, -0.2) is 45.2 Å². The van der Waals surface area contributed by atoms with Crippen molar-refractivity contribution in [2.75, 3.05) is 6.54 Å². The highest BCUT2D eigenvalue weighted by molar-refractivity contribution is 7.12. The Balaban J connectivity index is 2.24. The summed E-state index contributed by atoms with van der Waals surface area (Å²) in [6.45, 7) is 0.703. The minimum absolute atomic E-state index is 0.0506. The van der Waals surface area contributed by atoms with Gasteiger partial charge < -0.3 is 10.4 Å². The van der Waals surface area contributed by atoms with Crippen molar-refractivity contribution in [3.05, 3.63) is 62.3 Å². The molecule has 1 fully saturated rings. The van der Waals surface area contributed by atoms with Gasteiger partial charge in [0.15, 0.2) is 5.78 Å². The number of aliphatic hydroxyl groups is 1. The van der Waals surface area contributed by atoms with Gasteiger partial charge in [-0.25, -0.2) is 4.79 Å². The monoisotopic (exact) mass is 443 g/mol. The summed E-state index contributed by atoms with van der Waals surface area (Å²) in [6, 6.07) is 4.45. The quantitative estimate of drug-likeness (QED) is 0.417. The third-order valence-corrected chi connectivity index (χ3v) is 5.81. The number of nitro groups is 1. The van der Waals surface area contributed by atoms with Crippen LogP contribution >= 0.6 is 11.3 Å². The van der Waals surface area contributed by atoms with Gasteiger partial charge in [0, 0.05) is 18.7 Å². The summed E-state index contributed by atoms with van der Waals surface area (Å²) < 4.78 is 42.5. The van der Waals surface area contributed by atoms with Crippen molar-refractivity contribution in [3.63, 3.8) is 0 Å². The summed E-state index contributed by atoms with van der Waals surface area (Å²) in [5, 5.41) is 25.8. The molecular formula is C18H16F3N3O5S. The van der Waals surface area contributed by atoms with E-state index in [-0.39, 0.29) is 15.3 Å². The van der Waals surface area contributed by atoms with E-state index in [9.17, 15) is 38.0 Å². The van der Waals surface area contributed by atoms with Gasteiger partial charge in [-0.2, -0.15) is 13.2 Å². The van der Waals surface area contributed by atoms with Crippen LogP contribution in [0.5, 0.6) is 0 Å². The maximum Gasteiger partial charge on any atom is 0.437 e. The molecule has 3 unspecified atom stereocenters. The molecule has 0 spiro atoms. The minimum Gasteiger partial charge on any atom is -0.363 e. The zero-order valence-corrected chi connectivity index (χ0v) is 16.2. The van der Waals surface area contributed by atoms with Gasteiger partial charge >= 0.3 is 12.2 Å². The average Bonchev–Trinajstić information content (AvgIpc) is 3.21. The van der Waals surface area contributed by atoms with Gasteiger partial charge in [0.25, 0.3) is 11.4 Å². The molecule has 0 radical (unpaired) electrons. The molecule has 12 heteroatoms. The van der Waals surface area contributed by atoms with E-state index >= 15 is 0 Å². The van der Waals surface area contributed by atoms with Crippen LogP contribution in [0.3, 0.4) is 0 Å². The fraction of sp³-hybridized carbons (Fsp3) is 0.333. The number of nitro benzene ring substituents is 1. The van der Waals surface area contributed by atoms with Crippen LogP contribution < -0.4 is 5.32 Å². The molecule has 2 amide bonds. The Morgan fingerprint density at radius 2 is 2.07 bits per heavy atom. The number of benzene rings is 1. The second-order valence-corrected chi connectivity index (χ2v) is 7.51. The molecule has 0 bridgehead atoms. The SMILES string of the molecule is CCN1C(=O)NC(c2cccc([N+](=O)[O-])c2)C(C(=O)c2cccs2)C1(O)C(F)(F)F. The van der Waals surface area contributed by atoms with Crippen molar-refractivity contribution in [2.24, 2.45) is 5.92 Å². The molecule has 30 heavy (non-hydrogen) atoms. The number of carbonyl (C=O) groups excluding carboxylic acids is 2. The number of urea groups is 1. The van der Waals surface area contributed by atoms with E-state index in [4.69, 9.17) is 0 Å². The first-order chi connectivity index (χ1) is 14.0. The number of rotatable bonds is 5. The lowest BCUT2D eigenvalue weighted by Crippen LogP contribution is -2.73. The summed E-state index contributed by atoms with van der Waals surface area (Å²) in [7, 11) is 0. The predicted molar refractivity (Wildman–Crippen MR) is 99.9 cm³/mol. The van der Waals surface area contributed by atoms with E-state index in [1.54, 1.807) is 0 Å². The first-order valence-electron chi connectivity index (χ1n) is 8.71. The largest absolute Gasteiger partial charge is 0.437 e. The molecule has 1 aromatic carbocycles. The molecule has 0 saturated carbocycles. The van der Waals surface area contributed by atoms with E-state index in [0.29, 0.717) is 0 Å². The van der Waals surface area contributed by atoms with Crippen LogP contribution in [-0.2, 0) is 0 Å². The van der Waals surface area contributed by atoms with E-state index in [2.05, 4.69) is 5.32 Å². The fourth-order valence-electron chi connectivity index (χ4n) is 3.58. The van der Waals surface area contributed by atoms with Gasteiger partial charge in [0.05, 0.1) is 15.8 Å². The van der Waals surface area contributed by atoms with Gasteiger partial charge in [-0.3, -0.25) is 19.8 Å². The molecule has 1 saturated heterocycles. The number of non-ortho nitro benzene ring substituents is 1. The molecule has 3 atom stereocenters. The second kappa shape index (κ2) is 7.69. The fourth-order valence-corrected chi connectivity index (χ4v) is 4.28. The lowest BCUT2D eigenvalue weighted by Gasteiger charge is -2.50. The Hall–Kier alpha value is -2.99. The van der Waals surface area contributed by atoms with Gasteiger partial charge in [-0.05, 0) is 23.9 Å². The van der Waals surface area contributed by atoms with Gasteiger partial charge in [0.2, 0.25) is 0 Å². The van der Waals surface area contributed by atoms with Crippen LogP contribution in [0.4, 0.5) is 23.7 Å². The number of ketones is 1. The lowest BCUT2D eigenvalue weighted by atomic mass is 9.77. The van der Waals surface area contributed by atoms with Crippen molar-refractivity contribution in [2.45, 2.75) is 24.9 Å². The summed E-state index contributed by atoms with van der Waals surface area (Å²) >= 11 is 0.883. The summed E-state index contributed by atoms with van der Waals surface area (Å²) in [6.07, 6.45) is -5.38. The first-order valence-corrected chi connectivity index (χ1v) is 9.59. The summed E-state index contributed by atoms with van der Waals surface area (Å²) in [4.78, 5) is 36.0. The minimum atomic E-state index is -5.38. The zero-order valence-electron chi connectivity index (χ0n) is 15.4. The van der Waals surface area contributed by atoms with Gasteiger partial charge in [-0.1, -0.05) is 18.2 Å². The Morgan fingerprint density at radius 3 is 2.60 bits per heavy atom. The number of alkyl halides is 3. The lowest BCUT2D eigenvalue weighted by molar-refractivity contribution is -0.385. The molecule has 8 nitrogen and oxygen atoms in total. The highest BCUT2D eigenvalue weighted by Crippen LogP contribution is 2.48. The predicted octanol–water partition coefficient (Wildman–Crippen LogP) is 3.49. The summed E-state index contributed by atoms with van der Waals surface area (Å²) in [5.41, 5.74) is -4.36. The number of nitrogens with one attached hydrogen (secondary N) is 1. The second-order valence-electron chi connectivity index (χ2n) is 6.57. The Kier molecular flexibility index (Phi) is 5.56.